The van der Waals surface area contributed by atoms with E-state index >= 15 is 0 Å². The fraction of sp³-hybridized carbons (Fsp3) is 0.556. The molecule has 24 heavy (non-hydrogen) atoms. The zero-order valence-electron chi connectivity index (χ0n) is 14.8. The lowest BCUT2D eigenvalue weighted by atomic mass is 10.1. The molecule has 1 heterocycles. The molecule has 0 atom stereocenters. The number of nitrogens with zero attached hydrogens (tertiary/aromatic N) is 2. The van der Waals surface area contributed by atoms with Gasteiger partial charge in [0.1, 0.15) is 6.54 Å². The molecular formula is C18H27N3O3. The van der Waals surface area contributed by atoms with E-state index in [2.05, 4.69) is 10.2 Å². The van der Waals surface area contributed by atoms with Crippen LogP contribution in [0.4, 0.5) is 5.69 Å². The van der Waals surface area contributed by atoms with Gasteiger partial charge in [-0.3, -0.25) is 14.5 Å². The molecule has 0 bridgehead atoms. The van der Waals surface area contributed by atoms with Crippen molar-refractivity contribution < 1.29 is 14.3 Å². The minimum absolute atomic E-state index is 0.0426. The number of amides is 2. The van der Waals surface area contributed by atoms with Crippen molar-refractivity contribution >= 4 is 17.5 Å². The third kappa shape index (κ3) is 5.32. The van der Waals surface area contributed by atoms with Crippen LogP contribution >= 0.6 is 0 Å². The Kier molecular flexibility index (Phi) is 6.75. The van der Waals surface area contributed by atoms with Gasteiger partial charge in [0.2, 0.25) is 11.8 Å². The van der Waals surface area contributed by atoms with Crippen LogP contribution in [-0.4, -0.2) is 62.7 Å². The molecule has 0 saturated carbocycles. The molecule has 0 unspecified atom stereocenters. The lowest BCUT2D eigenvalue weighted by molar-refractivity contribution is -0.123. The highest BCUT2D eigenvalue weighted by Gasteiger charge is 2.16. The second kappa shape index (κ2) is 8.80. The first kappa shape index (κ1) is 18.4. The highest BCUT2D eigenvalue weighted by molar-refractivity contribution is 5.97. The van der Waals surface area contributed by atoms with E-state index in [0.717, 1.165) is 49.7 Å². The standard InChI is InChI=1S/C18H27N3O3/c1-14-4-5-17(12-15(14)2)21(16(3)22)13-18(23)19-6-7-20-8-10-24-11-9-20/h4-5,12H,6-11,13H2,1-3H3,(H,19,23). The summed E-state index contributed by atoms with van der Waals surface area (Å²) in [5, 5.41) is 2.90. The maximum atomic E-state index is 12.2. The Morgan fingerprint density at radius 1 is 1.21 bits per heavy atom. The third-order valence-electron chi connectivity index (χ3n) is 4.34. The highest BCUT2D eigenvalue weighted by Crippen LogP contribution is 2.18. The van der Waals surface area contributed by atoms with Crippen molar-refractivity contribution in [2.24, 2.45) is 0 Å². The number of morpholine rings is 1. The molecule has 2 rings (SSSR count). The Hall–Kier alpha value is -1.92. The summed E-state index contributed by atoms with van der Waals surface area (Å²) in [5.74, 6) is -0.279. The van der Waals surface area contributed by atoms with E-state index < -0.39 is 0 Å². The van der Waals surface area contributed by atoms with Gasteiger partial charge >= 0.3 is 0 Å². The van der Waals surface area contributed by atoms with E-state index in [1.54, 1.807) is 0 Å². The zero-order chi connectivity index (χ0) is 17.5. The van der Waals surface area contributed by atoms with Crippen LogP contribution in [0.3, 0.4) is 0 Å². The molecule has 1 aliphatic heterocycles. The van der Waals surface area contributed by atoms with Crippen LogP contribution in [0.2, 0.25) is 0 Å². The predicted octanol–water partition coefficient (Wildman–Crippen LogP) is 1.10. The number of ether oxygens (including phenoxy) is 1. The first-order valence-corrected chi connectivity index (χ1v) is 8.39. The number of hydrogen-bond acceptors (Lipinski definition) is 4. The molecule has 1 fully saturated rings. The van der Waals surface area contributed by atoms with Crippen LogP contribution in [0.25, 0.3) is 0 Å². The molecule has 2 amide bonds. The van der Waals surface area contributed by atoms with Gasteiger partial charge in [-0.05, 0) is 37.1 Å². The fourth-order valence-corrected chi connectivity index (χ4v) is 2.66. The topological polar surface area (TPSA) is 61.9 Å². The lowest BCUT2D eigenvalue weighted by Gasteiger charge is -2.27. The Bertz CT molecular complexity index is 583. The van der Waals surface area contributed by atoms with E-state index in [4.69, 9.17) is 4.74 Å². The number of carbonyl (C=O) groups excluding carboxylic acids is 2. The van der Waals surface area contributed by atoms with Crippen molar-refractivity contribution in [2.45, 2.75) is 20.8 Å². The number of aryl methyl sites for hydroxylation is 2. The first-order valence-electron chi connectivity index (χ1n) is 8.39. The molecule has 0 aromatic heterocycles. The number of anilines is 1. The molecule has 1 N–H and O–H groups in total. The Morgan fingerprint density at radius 2 is 1.92 bits per heavy atom. The van der Waals surface area contributed by atoms with Crippen LogP contribution in [0, 0.1) is 13.8 Å². The average molecular weight is 333 g/mol. The van der Waals surface area contributed by atoms with Crippen molar-refractivity contribution in [3.05, 3.63) is 29.3 Å². The van der Waals surface area contributed by atoms with Crippen molar-refractivity contribution in [3.8, 4) is 0 Å². The summed E-state index contributed by atoms with van der Waals surface area (Å²) in [5.41, 5.74) is 3.03. The molecule has 6 heteroatoms. The van der Waals surface area contributed by atoms with Crippen LogP contribution in [0.5, 0.6) is 0 Å². The van der Waals surface area contributed by atoms with Gasteiger partial charge in [0.15, 0.2) is 0 Å². The maximum Gasteiger partial charge on any atom is 0.240 e. The van der Waals surface area contributed by atoms with Gasteiger partial charge in [0, 0.05) is 38.8 Å². The van der Waals surface area contributed by atoms with Crippen LogP contribution in [0.15, 0.2) is 18.2 Å². The molecule has 1 aliphatic rings. The number of rotatable bonds is 6. The van der Waals surface area contributed by atoms with Gasteiger partial charge in [-0.25, -0.2) is 0 Å². The summed E-state index contributed by atoms with van der Waals surface area (Å²) in [7, 11) is 0. The summed E-state index contributed by atoms with van der Waals surface area (Å²) in [4.78, 5) is 27.9. The number of nitrogens with one attached hydrogen (secondary N) is 1. The van der Waals surface area contributed by atoms with E-state index in [-0.39, 0.29) is 18.4 Å². The summed E-state index contributed by atoms with van der Waals surface area (Å²) >= 11 is 0. The summed E-state index contributed by atoms with van der Waals surface area (Å²) in [6.07, 6.45) is 0. The van der Waals surface area contributed by atoms with E-state index in [1.807, 2.05) is 32.0 Å². The molecule has 1 aromatic carbocycles. The molecule has 1 aromatic rings. The second-order valence-corrected chi connectivity index (χ2v) is 6.18. The minimum atomic E-state index is -0.142. The maximum absolute atomic E-state index is 12.2. The SMILES string of the molecule is CC(=O)N(CC(=O)NCCN1CCOCC1)c1ccc(C)c(C)c1. The molecule has 1 saturated heterocycles. The fourth-order valence-electron chi connectivity index (χ4n) is 2.66. The number of carbonyl (C=O) groups is 2. The molecule has 132 valence electrons. The van der Waals surface area contributed by atoms with E-state index in [1.165, 1.54) is 11.8 Å². The summed E-state index contributed by atoms with van der Waals surface area (Å²) in [6, 6.07) is 5.79. The molecular weight excluding hydrogens is 306 g/mol. The smallest absolute Gasteiger partial charge is 0.240 e. The van der Waals surface area contributed by atoms with Crippen molar-refractivity contribution in [2.75, 3.05) is 50.8 Å². The van der Waals surface area contributed by atoms with Gasteiger partial charge in [0.05, 0.1) is 13.2 Å². The quantitative estimate of drug-likeness (QED) is 0.847. The Labute approximate surface area is 143 Å². The third-order valence-corrected chi connectivity index (χ3v) is 4.34. The molecule has 6 nitrogen and oxygen atoms in total. The summed E-state index contributed by atoms with van der Waals surface area (Å²) in [6.45, 7) is 10.2. The second-order valence-electron chi connectivity index (χ2n) is 6.18. The van der Waals surface area contributed by atoms with Gasteiger partial charge in [-0.15, -0.1) is 0 Å². The van der Waals surface area contributed by atoms with Crippen molar-refractivity contribution in [1.82, 2.24) is 10.2 Å². The minimum Gasteiger partial charge on any atom is -0.379 e. The van der Waals surface area contributed by atoms with Gasteiger partial charge < -0.3 is 15.0 Å². The van der Waals surface area contributed by atoms with Crippen LogP contribution < -0.4 is 10.2 Å². The van der Waals surface area contributed by atoms with Gasteiger partial charge in [-0.1, -0.05) is 6.07 Å². The Balaban J connectivity index is 1.86. The van der Waals surface area contributed by atoms with Gasteiger partial charge in [0.25, 0.3) is 0 Å². The summed E-state index contributed by atoms with van der Waals surface area (Å²) < 4.78 is 5.30. The number of hydrogen-bond donors (Lipinski definition) is 1. The van der Waals surface area contributed by atoms with Crippen LogP contribution in [0.1, 0.15) is 18.1 Å². The highest BCUT2D eigenvalue weighted by atomic mass is 16.5. The van der Waals surface area contributed by atoms with E-state index in [9.17, 15) is 9.59 Å². The van der Waals surface area contributed by atoms with Crippen molar-refractivity contribution in [3.63, 3.8) is 0 Å². The zero-order valence-corrected chi connectivity index (χ0v) is 14.8. The first-order chi connectivity index (χ1) is 11.5. The molecule has 0 spiro atoms. The molecule has 0 aliphatic carbocycles. The van der Waals surface area contributed by atoms with Crippen LogP contribution in [-0.2, 0) is 14.3 Å². The molecule has 0 radical (unpaired) electrons. The lowest BCUT2D eigenvalue weighted by Crippen LogP contribution is -2.44. The Morgan fingerprint density at radius 3 is 2.54 bits per heavy atom. The van der Waals surface area contributed by atoms with E-state index in [0.29, 0.717) is 6.54 Å². The van der Waals surface area contributed by atoms with Crippen molar-refractivity contribution in [1.29, 1.82) is 0 Å². The average Bonchev–Trinajstić information content (AvgIpc) is 2.56. The predicted molar refractivity (Wildman–Crippen MR) is 94.2 cm³/mol. The largest absolute Gasteiger partial charge is 0.379 e. The monoisotopic (exact) mass is 333 g/mol. The number of benzene rings is 1. The normalized spacial score (nSPS) is 15.1. The van der Waals surface area contributed by atoms with Gasteiger partial charge in [-0.2, -0.15) is 0 Å².